The van der Waals surface area contributed by atoms with Crippen LogP contribution in [0.3, 0.4) is 0 Å². The van der Waals surface area contributed by atoms with Gasteiger partial charge in [0.15, 0.2) is 0 Å². The first-order valence-electron chi connectivity index (χ1n) is 5.64. The summed E-state index contributed by atoms with van der Waals surface area (Å²) in [5, 5.41) is 4.37. The number of nitrogens with zero attached hydrogens (tertiary/aromatic N) is 2. The average molecular weight is 207 g/mol. The van der Waals surface area contributed by atoms with Crippen molar-refractivity contribution in [2.75, 3.05) is 0 Å². The van der Waals surface area contributed by atoms with E-state index >= 15 is 0 Å². The largest absolute Gasteiger partial charge is 0.375 e. The molecule has 2 saturated heterocycles. The van der Waals surface area contributed by atoms with E-state index < -0.39 is 0 Å². The lowest BCUT2D eigenvalue weighted by atomic mass is 9.83. The zero-order valence-corrected chi connectivity index (χ0v) is 8.97. The fourth-order valence-corrected chi connectivity index (χ4v) is 2.89. The lowest BCUT2D eigenvalue weighted by molar-refractivity contribution is 0.0882. The minimum atomic E-state index is 0.0431. The Hall–Kier alpha value is -0.870. The first-order chi connectivity index (χ1) is 7.24. The van der Waals surface area contributed by atoms with E-state index in [4.69, 9.17) is 10.5 Å². The second-order valence-electron chi connectivity index (χ2n) is 4.71. The number of ether oxygens (including phenoxy) is 1. The molecule has 4 atom stereocenters. The van der Waals surface area contributed by atoms with Crippen LogP contribution in [-0.4, -0.2) is 22.0 Å². The van der Waals surface area contributed by atoms with Gasteiger partial charge in [-0.25, -0.2) is 0 Å². The summed E-state index contributed by atoms with van der Waals surface area (Å²) in [6.45, 7) is 0. The number of aromatic nitrogens is 2. The molecule has 2 aliphatic rings. The average Bonchev–Trinajstić information content (AvgIpc) is 2.90. The van der Waals surface area contributed by atoms with Crippen molar-refractivity contribution in [3.05, 3.63) is 18.0 Å². The zero-order chi connectivity index (χ0) is 10.4. The number of hydrogen-bond donors (Lipinski definition) is 1. The Bertz CT molecular complexity index is 362. The second kappa shape index (κ2) is 3.32. The van der Waals surface area contributed by atoms with Gasteiger partial charge in [-0.05, 0) is 25.3 Å². The van der Waals surface area contributed by atoms with Crippen LogP contribution in [0, 0.1) is 5.92 Å². The highest BCUT2D eigenvalue weighted by molar-refractivity contribution is 5.09. The summed E-state index contributed by atoms with van der Waals surface area (Å²) in [4.78, 5) is 0. The molecule has 0 amide bonds. The molecular weight excluding hydrogens is 190 g/mol. The van der Waals surface area contributed by atoms with E-state index in [1.807, 2.05) is 24.0 Å². The highest BCUT2D eigenvalue weighted by atomic mass is 16.5. The summed E-state index contributed by atoms with van der Waals surface area (Å²) in [5.41, 5.74) is 7.24. The molecule has 2 fully saturated rings. The van der Waals surface area contributed by atoms with Gasteiger partial charge in [-0.2, -0.15) is 5.10 Å². The standard InChI is InChI=1S/C11H17N3O/c1-14-5-4-9(13-14)11(12)8-6-7-2-3-10(8)15-7/h4-5,7-8,10-11H,2-3,6,12H2,1H3. The molecule has 0 spiro atoms. The van der Waals surface area contributed by atoms with E-state index in [9.17, 15) is 0 Å². The minimum absolute atomic E-state index is 0.0431. The highest BCUT2D eigenvalue weighted by Gasteiger charge is 2.44. The van der Waals surface area contributed by atoms with Crippen molar-refractivity contribution >= 4 is 0 Å². The van der Waals surface area contributed by atoms with Crippen LogP contribution in [0.1, 0.15) is 31.0 Å². The zero-order valence-electron chi connectivity index (χ0n) is 8.97. The Labute approximate surface area is 89.4 Å². The molecule has 15 heavy (non-hydrogen) atoms. The van der Waals surface area contributed by atoms with Crippen LogP contribution in [-0.2, 0) is 11.8 Å². The molecule has 82 valence electrons. The third-order valence-corrected chi connectivity index (χ3v) is 3.69. The normalized spacial score (nSPS) is 36.0. The summed E-state index contributed by atoms with van der Waals surface area (Å²) in [5.74, 6) is 0.471. The van der Waals surface area contributed by atoms with Crippen LogP contribution in [0.2, 0.25) is 0 Å². The van der Waals surface area contributed by atoms with Gasteiger partial charge in [0.25, 0.3) is 0 Å². The first-order valence-corrected chi connectivity index (χ1v) is 5.64. The fraction of sp³-hybridized carbons (Fsp3) is 0.727. The van der Waals surface area contributed by atoms with Gasteiger partial charge in [0.05, 0.1) is 23.9 Å². The number of fused-ring (bicyclic) bond motifs is 2. The Morgan fingerprint density at radius 3 is 3.00 bits per heavy atom. The maximum Gasteiger partial charge on any atom is 0.0795 e. The third kappa shape index (κ3) is 1.48. The van der Waals surface area contributed by atoms with Crippen molar-refractivity contribution in [1.29, 1.82) is 0 Å². The summed E-state index contributed by atoms with van der Waals surface area (Å²) < 4.78 is 7.63. The Morgan fingerprint density at radius 1 is 1.60 bits per heavy atom. The van der Waals surface area contributed by atoms with Crippen molar-refractivity contribution in [1.82, 2.24) is 9.78 Å². The SMILES string of the molecule is Cn1ccc(C(N)C2CC3CCC2O3)n1. The van der Waals surface area contributed by atoms with Crippen LogP contribution in [0.5, 0.6) is 0 Å². The molecule has 4 nitrogen and oxygen atoms in total. The van der Waals surface area contributed by atoms with Gasteiger partial charge in [-0.1, -0.05) is 0 Å². The molecule has 0 saturated carbocycles. The Balaban J connectivity index is 1.77. The van der Waals surface area contributed by atoms with Gasteiger partial charge in [0.2, 0.25) is 0 Å². The number of hydrogen-bond acceptors (Lipinski definition) is 3. The molecule has 2 N–H and O–H groups in total. The van der Waals surface area contributed by atoms with Crippen molar-refractivity contribution < 1.29 is 4.74 Å². The molecular formula is C11H17N3O. The van der Waals surface area contributed by atoms with E-state index in [-0.39, 0.29) is 6.04 Å². The predicted molar refractivity (Wildman–Crippen MR) is 56.1 cm³/mol. The molecule has 4 unspecified atom stereocenters. The third-order valence-electron chi connectivity index (χ3n) is 3.69. The van der Waals surface area contributed by atoms with Gasteiger partial charge < -0.3 is 10.5 Å². The molecule has 3 heterocycles. The lowest BCUT2D eigenvalue weighted by Crippen LogP contribution is -2.29. The number of aryl methyl sites for hydroxylation is 1. The van der Waals surface area contributed by atoms with Crippen molar-refractivity contribution in [2.24, 2.45) is 18.7 Å². The van der Waals surface area contributed by atoms with Gasteiger partial charge in [-0.15, -0.1) is 0 Å². The molecule has 0 aliphatic carbocycles. The monoisotopic (exact) mass is 207 g/mol. The van der Waals surface area contributed by atoms with Crippen molar-refractivity contribution in [2.45, 2.75) is 37.5 Å². The maximum absolute atomic E-state index is 6.24. The Morgan fingerprint density at radius 2 is 2.47 bits per heavy atom. The van der Waals surface area contributed by atoms with Crippen LogP contribution in [0.15, 0.2) is 12.3 Å². The van der Waals surface area contributed by atoms with Crippen molar-refractivity contribution in [3.8, 4) is 0 Å². The van der Waals surface area contributed by atoms with Gasteiger partial charge in [-0.3, -0.25) is 4.68 Å². The molecule has 2 aliphatic heterocycles. The summed E-state index contributed by atoms with van der Waals surface area (Å²) >= 11 is 0. The Kier molecular flexibility index (Phi) is 2.07. The van der Waals surface area contributed by atoms with E-state index in [2.05, 4.69) is 5.10 Å². The number of rotatable bonds is 2. The van der Waals surface area contributed by atoms with E-state index in [0.717, 1.165) is 12.1 Å². The molecule has 1 aromatic rings. The van der Waals surface area contributed by atoms with E-state index in [1.54, 1.807) is 0 Å². The van der Waals surface area contributed by atoms with Gasteiger partial charge in [0.1, 0.15) is 0 Å². The van der Waals surface area contributed by atoms with Gasteiger partial charge in [0, 0.05) is 19.2 Å². The molecule has 1 aromatic heterocycles. The lowest BCUT2D eigenvalue weighted by Gasteiger charge is -2.23. The fourth-order valence-electron chi connectivity index (χ4n) is 2.89. The van der Waals surface area contributed by atoms with Crippen LogP contribution < -0.4 is 5.73 Å². The van der Waals surface area contributed by atoms with Crippen molar-refractivity contribution in [3.63, 3.8) is 0 Å². The van der Waals surface area contributed by atoms with Crippen LogP contribution >= 0.6 is 0 Å². The van der Waals surface area contributed by atoms with Gasteiger partial charge >= 0.3 is 0 Å². The maximum atomic E-state index is 6.24. The second-order valence-corrected chi connectivity index (χ2v) is 4.71. The molecule has 2 bridgehead atoms. The van der Waals surface area contributed by atoms with E-state index in [1.165, 1.54) is 12.8 Å². The highest BCUT2D eigenvalue weighted by Crippen LogP contribution is 2.43. The molecule has 0 radical (unpaired) electrons. The molecule has 0 aromatic carbocycles. The topological polar surface area (TPSA) is 53.1 Å². The quantitative estimate of drug-likeness (QED) is 0.786. The number of nitrogens with two attached hydrogens (primary N) is 1. The van der Waals surface area contributed by atoms with Crippen LogP contribution in [0.4, 0.5) is 0 Å². The summed E-state index contributed by atoms with van der Waals surface area (Å²) in [7, 11) is 1.92. The predicted octanol–water partition coefficient (Wildman–Crippen LogP) is 0.987. The van der Waals surface area contributed by atoms with E-state index in [0.29, 0.717) is 18.1 Å². The minimum Gasteiger partial charge on any atom is -0.375 e. The summed E-state index contributed by atoms with van der Waals surface area (Å²) in [6, 6.07) is 2.05. The molecule has 4 heteroatoms. The smallest absolute Gasteiger partial charge is 0.0795 e. The first kappa shape index (κ1) is 9.36. The molecule has 3 rings (SSSR count). The van der Waals surface area contributed by atoms with Crippen LogP contribution in [0.25, 0.3) is 0 Å². The summed E-state index contributed by atoms with van der Waals surface area (Å²) in [6.07, 6.45) is 6.30.